The number of pyridine rings is 1. The van der Waals surface area contributed by atoms with Crippen LogP contribution in [0.3, 0.4) is 0 Å². The Labute approximate surface area is 87.8 Å². The van der Waals surface area contributed by atoms with Gasteiger partial charge in [0.1, 0.15) is 0 Å². The lowest BCUT2D eigenvalue weighted by Crippen LogP contribution is -2.17. The number of carbonyl (C=O) groups is 1. The fourth-order valence-corrected chi connectivity index (χ4v) is 1.09. The van der Waals surface area contributed by atoms with Crippen molar-refractivity contribution >= 4 is 5.97 Å². The molecule has 0 unspecified atom stereocenters. The molecule has 0 aliphatic rings. The molecule has 0 radical (unpaired) electrons. The molecular formula is C11H13NO3. The Morgan fingerprint density at radius 3 is 2.87 bits per heavy atom. The number of methoxy groups -OCH3 is 1. The topological polar surface area (TPSA) is 48.3 Å². The van der Waals surface area contributed by atoms with Crippen molar-refractivity contribution in [2.24, 2.45) is 0 Å². The highest BCUT2D eigenvalue weighted by molar-refractivity contribution is 5.87. The summed E-state index contributed by atoms with van der Waals surface area (Å²) in [4.78, 5) is 22.3. The quantitative estimate of drug-likeness (QED) is 0.548. The van der Waals surface area contributed by atoms with Gasteiger partial charge < -0.3 is 9.30 Å². The lowest BCUT2D eigenvalue weighted by atomic mass is 10.3. The van der Waals surface area contributed by atoms with Crippen molar-refractivity contribution in [2.75, 3.05) is 7.11 Å². The Kier molecular flexibility index (Phi) is 3.85. The fourth-order valence-electron chi connectivity index (χ4n) is 1.09. The molecule has 0 saturated heterocycles. The number of carbonyl (C=O) groups excluding carboxylic acids is 1. The molecule has 0 fully saturated rings. The molecule has 0 spiro atoms. The van der Waals surface area contributed by atoms with Gasteiger partial charge in [0.25, 0.3) is 5.56 Å². The minimum atomic E-state index is -0.376. The van der Waals surface area contributed by atoms with Gasteiger partial charge >= 0.3 is 5.97 Å². The van der Waals surface area contributed by atoms with Crippen molar-refractivity contribution < 1.29 is 9.53 Å². The highest BCUT2D eigenvalue weighted by Gasteiger charge is 2.01. The molecular weight excluding hydrogens is 194 g/mol. The van der Waals surface area contributed by atoms with Gasteiger partial charge in [0.15, 0.2) is 0 Å². The zero-order valence-electron chi connectivity index (χ0n) is 8.77. The minimum absolute atomic E-state index is 0.0913. The third-order valence-corrected chi connectivity index (χ3v) is 2.00. The lowest BCUT2D eigenvalue weighted by molar-refractivity contribution is -0.136. The number of aromatic nitrogens is 1. The molecule has 15 heavy (non-hydrogen) atoms. The highest BCUT2D eigenvalue weighted by atomic mass is 16.5. The lowest BCUT2D eigenvalue weighted by Gasteiger charge is -2.01. The number of hydrogen-bond donors (Lipinski definition) is 0. The van der Waals surface area contributed by atoms with E-state index >= 15 is 0 Å². The van der Waals surface area contributed by atoms with Gasteiger partial charge in [-0.05, 0) is 13.0 Å². The molecule has 0 amide bonds. The van der Waals surface area contributed by atoms with E-state index in [4.69, 9.17) is 0 Å². The van der Waals surface area contributed by atoms with Crippen LogP contribution in [0.25, 0.3) is 0 Å². The standard InChI is InChI=1S/C11H13NO3/c1-9(11(14)15-2)6-8-12-7-4-3-5-10(12)13/h3-7H,8H2,1-2H3. The Morgan fingerprint density at radius 2 is 2.27 bits per heavy atom. The number of esters is 1. The third-order valence-electron chi connectivity index (χ3n) is 2.00. The van der Waals surface area contributed by atoms with Gasteiger partial charge in [0, 0.05) is 24.4 Å². The van der Waals surface area contributed by atoms with E-state index in [-0.39, 0.29) is 11.5 Å². The smallest absolute Gasteiger partial charge is 0.333 e. The molecule has 0 aromatic carbocycles. The van der Waals surface area contributed by atoms with Gasteiger partial charge in [0.05, 0.1) is 7.11 Å². The molecule has 0 aliphatic carbocycles. The zero-order chi connectivity index (χ0) is 11.3. The summed E-state index contributed by atoms with van der Waals surface area (Å²) in [6.07, 6.45) is 3.33. The Morgan fingerprint density at radius 1 is 1.53 bits per heavy atom. The van der Waals surface area contributed by atoms with Crippen molar-refractivity contribution in [2.45, 2.75) is 13.5 Å². The number of allylic oxidation sites excluding steroid dienone is 1. The van der Waals surface area contributed by atoms with Crippen LogP contribution < -0.4 is 5.56 Å². The maximum absolute atomic E-state index is 11.3. The molecule has 0 atom stereocenters. The monoisotopic (exact) mass is 207 g/mol. The summed E-state index contributed by atoms with van der Waals surface area (Å²) < 4.78 is 6.04. The van der Waals surface area contributed by atoms with Crippen LogP contribution >= 0.6 is 0 Å². The molecule has 4 nitrogen and oxygen atoms in total. The van der Waals surface area contributed by atoms with Crippen LogP contribution in [0.15, 0.2) is 40.8 Å². The highest BCUT2D eigenvalue weighted by Crippen LogP contribution is 1.96. The average Bonchev–Trinajstić information content (AvgIpc) is 2.26. The van der Waals surface area contributed by atoms with E-state index in [0.29, 0.717) is 12.1 Å². The zero-order valence-corrected chi connectivity index (χ0v) is 8.77. The van der Waals surface area contributed by atoms with Gasteiger partial charge in [-0.25, -0.2) is 4.79 Å². The number of nitrogens with zero attached hydrogens (tertiary/aromatic N) is 1. The van der Waals surface area contributed by atoms with E-state index in [0.717, 1.165) is 0 Å². The predicted molar refractivity (Wildman–Crippen MR) is 56.5 cm³/mol. The summed E-state index contributed by atoms with van der Waals surface area (Å²) in [5.41, 5.74) is 0.402. The van der Waals surface area contributed by atoms with Crippen LogP contribution in [-0.2, 0) is 16.1 Å². The van der Waals surface area contributed by atoms with Gasteiger partial charge in [-0.15, -0.1) is 0 Å². The summed E-state index contributed by atoms with van der Waals surface area (Å²) >= 11 is 0. The first kappa shape index (κ1) is 11.2. The third kappa shape index (κ3) is 3.09. The second-order valence-corrected chi connectivity index (χ2v) is 3.07. The van der Waals surface area contributed by atoms with Gasteiger partial charge in [-0.1, -0.05) is 12.1 Å². The molecule has 0 N–H and O–H groups in total. The first-order chi connectivity index (χ1) is 7.15. The van der Waals surface area contributed by atoms with Crippen molar-refractivity contribution in [3.63, 3.8) is 0 Å². The van der Waals surface area contributed by atoms with Crippen LogP contribution in [-0.4, -0.2) is 17.6 Å². The summed E-state index contributed by atoms with van der Waals surface area (Å²) in [6.45, 7) is 2.03. The molecule has 1 aromatic rings. The van der Waals surface area contributed by atoms with Gasteiger partial charge in [-0.3, -0.25) is 4.79 Å². The number of rotatable bonds is 3. The number of ether oxygens (including phenoxy) is 1. The van der Waals surface area contributed by atoms with Gasteiger partial charge in [0.2, 0.25) is 0 Å². The minimum Gasteiger partial charge on any atom is -0.466 e. The van der Waals surface area contributed by atoms with E-state index in [1.165, 1.54) is 17.7 Å². The van der Waals surface area contributed by atoms with Crippen LogP contribution in [0.1, 0.15) is 6.92 Å². The fraction of sp³-hybridized carbons (Fsp3) is 0.273. The second kappa shape index (κ2) is 5.14. The molecule has 4 heteroatoms. The second-order valence-electron chi connectivity index (χ2n) is 3.07. The van der Waals surface area contributed by atoms with Crippen molar-refractivity contribution in [3.05, 3.63) is 46.4 Å². The predicted octanol–water partition coefficient (Wildman–Crippen LogP) is 0.968. The van der Waals surface area contributed by atoms with E-state index in [1.807, 2.05) is 0 Å². The summed E-state index contributed by atoms with van der Waals surface area (Å²) in [5.74, 6) is -0.376. The molecule has 0 saturated carbocycles. The van der Waals surface area contributed by atoms with E-state index in [1.54, 1.807) is 31.3 Å². The van der Waals surface area contributed by atoms with Crippen molar-refractivity contribution in [1.82, 2.24) is 4.57 Å². The first-order valence-corrected chi connectivity index (χ1v) is 4.55. The first-order valence-electron chi connectivity index (χ1n) is 4.55. The number of hydrogen-bond acceptors (Lipinski definition) is 3. The normalized spacial score (nSPS) is 11.2. The van der Waals surface area contributed by atoms with Crippen LogP contribution in [0.2, 0.25) is 0 Å². The molecule has 0 aliphatic heterocycles. The Bertz CT molecular complexity index is 431. The molecule has 1 aromatic heterocycles. The van der Waals surface area contributed by atoms with Gasteiger partial charge in [-0.2, -0.15) is 0 Å². The Hall–Kier alpha value is -1.84. The molecule has 1 heterocycles. The van der Waals surface area contributed by atoms with E-state index < -0.39 is 0 Å². The van der Waals surface area contributed by atoms with Crippen molar-refractivity contribution in [1.29, 1.82) is 0 Å². The summed E-state index contributed by atoms with van der Waals surface area (Å²) in [5, 5.41) is 0. The Balaban J connectivity index is 2.77. The maximum atomic E-state index is 11.3. The van der Waals surface area contributed by atoms with E-state index in [9.17, 15) is 9.59 Å². The average molecular weight is 207 g/mol. The maximum Gasteiger partial charge on any atom is 0.333 e. The van der Waals surface area contributed by atoms with Crippen LogP contribution in [0.4, 0.5) is 0 Å². The molecule has 80 valence electrons. The molecule has 0 bridgehead atoms. The largest absolute Gasteiger partial charge is 0.466 e. The van der Waals surface area contributed by atoms with Crippen LogP contribution in [0.5, 0.6) is 0 Å². The molecule has 1 rings (SSSR count). The van der Waals surface area contributed by atoms with Crippen molar-refractivity contribution in [3.8, 4) is 0 Å². The van der Waals surface area contributed by atoms with E-state index in [2.05, 4.69) is 4.74 Å². The SMILES string of the molecule is COC(=O)C(C)=CCn1ccccc1=O. The van der Waals surface area contributed by atoms with Crippen LogP contribution in [0, 0.1) is 0 Å². The summed E-state index contributed by atoms with van der Waals surface area (Å²) in [6, 6.07) is 4.92. The summed E-state index contributed by atoms with van der Waals surface area (Å²) in [7, 11) is 1.33.